The van der Waals surface area contributed by atoms with Crippen molar-refractivity contribution in [1.82, 2.24) is 4.98 Å². The quantitative estimate of drug-likeness (QED) is 0.756. The number of ether oxygens (including phenoxy) is 1. The molecule has 0 fully saturated rings. The Hall–Kier alpha value is -0.110. The second kappa shape index (κ2) is 5.69. The van der Waals surface area contributed by atoms with Gasteiger partial charge in [-0.05, 0) is 44.0 Å². The molecule has 2 N–H and O–H groups in total. The molecule has 0 saturated heterocycles. The van der Waals surface area contributed by atoms with Crippen LogP contribution in [0.1, 0.15) is 5.69 Å². The Morgan fingerprint density at radius 1 is 1.24 bits per heavy atom. The molecule has 7 heteroatoms. The van der Waals surface area contributed by atoms with Crippen LogP contribution in [0.5, 0.6) is 5.75 Å². The normalized spacial score (nSPS) is 10.5. The molecule has 17 heavy (non-hydrogen) atoms. The maximum absolute atomic E-state index is 5.70. The van der Waals surface area contributed by atoms with E-state index in [2.05, 4.69) is 52.8 Å². The number of anilines is 1. The van der Waals surface area contributed by atoms with E-state index in [9.17, 15) is 0 Å². The standard InChI is InChI=1S/C10H7Br3N2OS/c11-5-1-7(12)9(8(13)2-5)16-3-6-4-17-10(14)15-6/h1-2,4H,3H2,(H2,14,15). The molecule has 0 saturated carbocycles. The number of rotatable bonds is 3. The van der Waals surface area contributed by atoms with Crippen LogP contribution in [0.3, 0.4) is 0 Å². The van der Waals surface area contributed by atoms with Crippen LogP contribution in [-0.4, -0.2) is 4.98 Å². The molecule has 0 aliphatic rings. The number of thiazole rings is 1. The number of aromatic nitrogens is 1. The lowest BCUT2D eigenvalue weighted by molar-refractivity contribution is 0.298. The van der Waals surface area contributed by atoms with Gasteiger partial charge in [0.15, 0.2) is 5.13 Å². The third-order valence-electron chi connectivity index (χ3n) is 1.90. The smallest absolute Gasteiger partial charge is 0.180 e. The summed E-state index contributed by atoms with van der Waals surface area (Å²) in [7, 11) is 0. The molecule has 1 aromatic carbocycles. The molecule has 0 radical (unpaired) electrons. The first kappa shape index (κ1) is 13.3. The van der Waals surface area contributed by atoms with Gasteiger partial charge in [-0.2, -0.15) is 0 Å². The minimum Gasteiger partial charge on any atom is -0.485 e. The van der Waals surface area contributed by atoms with E-state index < -0.39 is 0 Å². The van der Waals surface area contributed by atoms with Crippen molar-refractivity contribution >= 4 is 64.3 Å². The first-order valence-electron chi connectivity index (χ1n) is 4.53. The molecule has 2 aromatic rings. The number of nitrogens with two attached hydrogens (primary N) is 1. The molecule has 90 valence electrons. The number of hydrogen-bond donors (Lipinski definition) is 1. The number of nitrogen functional groups attached to an aromatic ring is 1. The van der Waals surface area contributed by atoms with Crippen molar-refractivity contribution < 1.29 is 4.74 Å². The van der Waals surface area contributed by atoms with Crippen LogP contribution >= 0.6 is 59.1 Å². The summed E-state index contributed by atoms with van der Waals surface area (Å²) >= 11 is 11.7. The number of nitrogens with zero attached hydrogens (tertiary/aromatic N) is 1. The van der Waals surface area contributed by atoms with Crippen molar-refractivity contribution in [2.45, 2.75) is 6.61 Å². The SMILES string of the molecule is Nc1nc(COc2c(Br)cc(Br)cc2Br)cs1. The Balaban J connectivity index is 2.14. The van der Waals surface area contributed by atoms with Gasteiger partial charge in [0.2, 0.25) is 0 Å². The van der Waals surface area contributed by atoms with Crippen molar-refractivity contribution in [3.8, 4) is 5.75 Å². The number of halogens is 3. The zero-order chi connectivity index (χ0) is 12.4. The van der Waals surface area contributed by atoms with Crippen LogP contribution in [0, 0.1) is 0 Å². The third kappa shape index (κ3) is 3.43. The lowest BCUT2D eigenvalue weighted by atomic mass is 10.3. The lowest BCUT2D eigenvalue weighted by Gasteiger charge is -2.09. The summed E-state index contributed by atoms with van der Waals surface area (Å²) in [6, 6.07) is 3.85. The summed E-state index contributed by atoms with van der Waals surface area (Å²) in [6.45, 7) is 0.395. The van der Waals surface area contributed by atoms with Gasteiger partial charge in [-0.25, -0.2) is 4.98 Å². The average molecular weight is 443 g/mol. The highest BCUT2D eigenvalue weighted by Crippen LogP contribution is 2.36. The molecule has 3 nitrogen and oxygen atoms in total. The molecule has 0 atom stereocenters. The van der Waals surface area contributed by atoms with Crippen LogP contribution in [0.15, 0.2) is 30.9 Å². The topological polar surface area (TPSA) is 48.1 Å². The molecule has 0 amide bonds. The van der Waals surface area contributed by atoms with Crippen molar-refractivity contribution in [2.24, 2.45) is 0 Å². The summed E-state index contributed by atoms with van der Waals surface area (Å²) in [5.41, 5.74) is 6.38. The minimum atomic E-state index is 0.395. The molecule has 0 unspecified atom stereocenters. The van der Waals surface area contributed by atoms with Crippen LogP contribution in [0.2, 0.25) is 0 Å². The van der Waals surface area contributed by atoms with E-state index >= 15 is 0 Å². The van der Waals surface area contributed by atoms with E-state index in [0.29, 0.717) is 11.7 Å². The van der Waals surface area contributed by atoms with Gasteiger partial charge in [0, 0.05) is 9.85 Å². The van der Waals surface area contributed by atoms with E-state index in [1.807, 2.05) is 17.5 Å². The molecule has 2 rings (SSSR count). The zero-order valence-corrected chi connectivity index (χ0v) is 14.0. The molecule has 0 aliphatic heterocycles. The van der Waals surface area contributed by atoms with Crippen molar-refractivity contribution in [2.75, 3.05) is 5.73 Å². The van der Waals surface area contributed by atoms with Gasteiger partial charge in [-0.15, -0.1) is 11.3 Å². The van der Waals surface area contributed by atoms with E-state index in [4.69, 9.17) is 10.5 Å². The predicted molar refractivity (Wildman–Crippen MR) is 80.4 cm³/mol. The van der Waals surface area contributed by atoms with E-state index in [1.165, 1.54) is 11.3 Å². The van der Waals surface area contributed by atoms with Gasteiger partial charge in [0.1, 0.15) is 12.4 Å². The number of hydrogen-bond acceptors (Lipinski definition) is 4. The summed E-state index contributed by atoms with van der Waals surface area (Å²) in [6.07, 6.45) is 0. The van der Waals surface area contributed by atoms with Crippen LogP contribution in [0.25, 0.3) is 0 Å². The van der Waals surface area contributed by atoms with Gasteiger partial charge in [-0.1, -0.05) is 15.9 Å². The Morgan fingerprint density at radius 3 is 2.41 bits per heavy atom. The Labute approximate surface area is 128 Å². The van der Waals surface area contributed by atoms with E-state index in [1.54, 1.807) is 0 Å². The zero-order valence-electron chi connectivity index (χ0n) is 8.41. The molecule has 0 aliphatic carbocycles. The van der Waals surface area contributed by atoms with Crippen molar-refractivity contribution in [3.63, 3.8) is 0 Å². The highest BCUT2D eigenvalue weighted by molar-refractivity contribution is 9.11. The van der Waals surface area contributed by atoms with Crippen molar-refractivity contribution in [3.05, 3.63) is 36.6 Å². The molecular weight excluding hydrogens is 436 g/mol. The predicted octanol–water partition coefficient (Wildman–Crippen LogP) is 4.59. The number of benzene rings is 1. The first-order valence-corrected chi connectivity index (χ1v) is 7.79. The summed E-state index contributed by atoms with van der Waals surface area (Å²) in [4.78, 5) is 4.13. The monoisotopic (exact) mass is 440 g/mol. The summed E-state index contributed by atoms with van der Waals surface area (Å²) < 4.78 is 8.42. The third-order valence-corrected chi connectivity index (χ3v) is 4.26. The highest BCUT2D eigenvalue weighted by atomic mass is 79.9. The Bertz CT molecular complexity index is 521. The molecule has 1 aromatic heterocycles. The van der Waals surface area contributed by atoms with Gasteiger partial charge in [0.25, 0.3) is 0 Å². The van der Waals surface area contributed by atoms with Crippen molar-refractivity contribution in [1.29, 1.82) is 0 Å². The molecular formula is C10H7Br3N2OS. The molecule has 0 spiro atoms. The highest BCUT2D eigenvalue weighted by Gasteiger charge is 2.09. The maximum atomic E-state index is 5.70. The summed E-state index contributed by atoms with van der Waals surface area (Å²) in [5, 5.41) is 2.44. The second-order valence-electron chi connectivity index (χ2n) is 3.16. The van der Waals surface area contributed by atoms with Crippen LogP contribution in [0.4, 0.5) is 5.13 Å². The average Bonchev–Trinajstić information content (AvgIpc) is 2.62. The molecule has 0 bridgehead atoms. The van der Waals surface area contributed by atoms with Gasteiger partial charge < -0.3 is 10.5 Å². The van der Waals surface area contributed by atoms with Gasteiger partial charge >= 0.3 is 0 Å². The fourth-order valence-corrected chi connectivity index (χ4v) is 4.24. The van der Waals surface area contributed by atoms with Crippen LogP contribution in [-0.2, 0) is 6.61 Å². The van der Waals surface area contributed by atoms with E-state index in [0.717, 1.165) is 24.9 Å². The molecule has 1 heterocycles. The summed E-state index contributed by atoms with van der Waals surface area (Å²) in [5.74, 6) is 0.750. The Kier molecular flexibility index (Phi) is 4.46. The second-order valence-corrected chi connectivity index (χ2v) is 6.68. The fourth-order valence-electron chi connectivity index (χ4n) is 1.20. The minimum absolute atomic E-state index is 0.395. The lowest BCUT2D eigenvalue weighted by Crippen LogP contribution is -1.97. The van der Waals surface area contributed by atoms with Crippen LogP contribution < -0.4 is 10.5 Å². The van der Waals surface area contributed by atoms with Gasteiger partial charge in [-0.3, -0.25) is 0 Å². The largest absolute Gasteiger partial charge is 0.485 e. The van der Waals surface area contributed by atoms with Gasteiger partial charge in [0.05, 0.1) is 14.6 Å². The Morgan fingerprint density at radius 2 is 1.88 bits per heavy atom. The fraction of sp³-hybridized carbons (Fsp3) is 0.100. The van der Waals surface area contributed by atoms with E-state index in [-0.39, 0.29) is 0 Å². The maximum Gasteiger partial charge on any atom is 0.180 e. The first-order chi connectivity index (χ1) is 8.06.